The maximum atomic E-state index is 13.0. The molecule has 2 aromatic rings. The highest BCUT2D eigenvalue weighted by Gasteiger charge is 2.54. The molecule has 4 aliphatic carbocycles. The van der Waals surface area contributed by atoms with Gasteiger partial charge in [0.05, 0.1) is 16.0 Å². The second kappa shape index (κ2) is 5.70. The quantitative estimate of drug-likeness (QED) is 0.614. The number of amides is 1. The van der Waals surface area contributed by atoms with Crippen LogP contribution in [-0.2, 0) is 4.79 Å². The van der Waals surface area contributed by atoms with Crippen LogP contribution in [0.2, 0.25) is 10.0 Å². The minimum Gasteiger partial charge on any atom is -0.493 e. The number of nitrogens with one attached hydrogen (secondary N) is 1. The first-order valence-corrected chi connectivity index (χ1v) is 9.85. The van der Waals surface area contributed by atoms with Gasteiger partial charge in [0.1, 0.15) is 0 Å². The number of H-pyrrole nitrogens is 1. The molecule has 2 N–H and O–H groups in total. The van der Waals surface area contributed by atoms with Gasteiger partial charge in [-0.05, 0) is 68.4 Å². The van der Waals surface area contributed by atoms with Crippen molar-refractivity contribution in [1.82, 2.24) is 4.98 Å². The number of rotatable bonds is 2. The topological polar surface area (TPSA) is 77.8 Å². The molecule has 4 bridgehead atoms. The first-order chi connectivity index (χ1) is 12.4. The molecule has 4 saturated carbocycles. The van der Waals surface area contributed by atoms with Crippen LogP contribution in [0.25, 0.3) is 10.9 Å². The van der Waals surface area contributed by atoms with E-state index in [-0.39, 0.29) is 22.9 Å². The lowest BCUT2D eigenvalue weighted by Gasteiger charge is -2.54. The van der Waals surface area contributed by atoms with Crippen molar-refractivity contribution in [3.8, 4) is 5.88 Å². The van der Waals surface area contributed by atoms with Crippen LogP contribution in [0.3, 0.4) is 0 Å². The van der Waals surface area contributed by atoms with Crippen molar-refractivity contribution >= 4 is 45.7 Å². The van der Waals surface area contributed by atoms with Crippen LogP contribution in [0.5, 0.6) is 5.88 Å². The number of carbonyl (C=O) groups excluding carboxylic acids is 1. The van der Waals surface area contributed by atoms with Gasteiger partial charge in [0.15, 0.2) is 5.69 Å². The monoisotopic (exact) mass is 391 g/mol. The predicted molar refractivity (Wildman–Crippen MR) is 100 cm³/mol. The lowest BCUT2D eigenvalue weighted by Crippen LogP contribution is -2.49. The maximum absolute atomic E-state index is 13.0. The van der Waals surface area contributed by atoms with Crippen molar-refractivity contribution in [2.45, 2.75) is 38.5 Å². The number of nitrogens with zero attached hydrogens (tertiary/aromatic N) is 2. The van der Waals surface area contributed by atoms with Gasteiger partial charge in [-0.25, -0.2) is 0 Å². The number of fused-ring (bicyclic) bond motifs is 1. The second-order valence-corrected chi connectivity index (χ2v) is 9.18. The third-order valence-corrected chi connectivity index (χ3v) is 7.03. The average Bonchev–Trinajstić information content (AvgIpc) is 2.87. The van der Waals surface area contributed by atoms with E-state index in [0.717, 1.165) is 19.3 Å². The molecule has 0 spiro atoms. The summed E-state index contributed by atoms with van der Waals surface area (Å²) in [4.78, 5) is 15.8. The molecular weight excluding hydrogens is 373 g/mol. The van der Waals surface area contributed by atoms with E-state index in [1.807, 2.05) is 0 Å². The van der Waals surface area contributed by atoms with E-state index in [1.54, 1.807) is 12.1 Å². The molecule has 1 heterocycles. The van der Waals surface area contributed by atoms with Gasteiger partial charge in [-0.2, -0.15) is 0 Å². The Hall–Kier alpha value is -1.59. The molecule has 0 aliphatic heterocycles. The number of carbonyl (C=O) groups is 1. The van der Waals surface area contributed by atoms with E-state index in [4.69, 9.17) is 23.2 Å². The Kier molecular flexibility index (Phi) is 3.63. The first kappa shape index (κ1) is 16.6. The third-order valence-electron chi connectivity index (χ3n) is 6.51. The standard InChI is InChI=1S/C19H19Cl2N3O2/c20-12-4-13-15(14(21)5-12)22-17(25)16(13)23-24-18(26)19-6-9-1-10(7-19)3-11(2-9)8-19/h4-5,9-11,22,25H,1-3,6-8H2. The van der Waals surface area contributed by atoms with Gasteiger partial charge in [0.25, 0.3) is 5.91 Å². The van der Waals surface area contributed by atoms with Gasteiger partial charge in [0, 0.05) is 10.4 Å². The van der Waals surface area contributed by atoms with Crippen molar-refractivity contribution in [3.05, 3.63) is 22.2 Å². The normalized spacial score (nSPS) is 32.8. The van der Waals surface area contributed by atoms with E-state index in [2.05, 4.69) is 15.2 Å². The molecule has 0 radical (unpaired) electrons. The summed E-state index contributed by atoms with van der Waals surface area (Å²) in [6.45, 7) is 0. The lowest BCUT2D eigenvalue weighted by atomic mass is 9.49. The fraction of sp³-hybridized carbons (Fsp3) is 0.526. The summed E-state index contributed by atoms with van der Waals surface area (Å²) in [6.07, 6.45) is 6.62. The fourth-order valence-electron chi connectivity index (χ4n) is 5.87. The number of aromatic hydroxyl groups is 1. The van der Waals surface area contributed by atoms with E-state index < -0.39 is 0 Å². The molecule has 1 amide bonds. The SMILES string of the molecule is O=C(N=Nc1c(O)[nH]c2c(Cl)cc(Cl)cc12)C12CC3CC(CC(C3)C1)C2. The van der Waals surface area contributed by atoms with Crippen molar-refractivity contribution in [2.24, 2.45) is 33.4 Å². The highest BCUT2D eigenvalue weighted by Crippen LogP contribution is 2.60. The molecule has 4 aliphatic rings. The van der Waals surface area contributed by atoms with Crippen LogP contribution in [-0.4, -0.2) is 16.0 Å². The van der Waals surface area contributed by atoms with Crippen molar-refractivity contribution in [2.75, 3.05) is 0 Å². The van der Waals surface area contributed by atoms with Crippen LogP contribution in [0.4, 0.5) is 5.69 Å². The Labute approximate surface area is 160 Å². The van der Waals surface area contributed by atoms with Gasteiger partial charge in [-0.15, -0.1) is 10.2 Å². The van der Waals surface area contributed by atoms with E-state index in [0.29, 0.717) is 38.7 Å². The number of aromatic amines is 1. The summed E-state index contributed by atoms with van der Waals surface area (Å²) >= 11 is 12.2. The highest BCUT2D eigenvalue weighted by molar-refractivity contribution is 6.38. The molecule has 0 unspecified atom stereocenters. The largest absolute Gasteiger partial charge is 0.493 e. The van der Waals surface area contributed by atoms with E-state index in [1.165, 1.54) is 19.3 Å². The van der Waals surface area contributed by atoms with Gasteiger partial charge >= 0.3 is 0 Å². The summed E-state index contributed by atoms with van der Waals surface area (Å²) in [5.74, 6) is 1.70. The van der Waals surface area contributed by atoms with Gasteiger partial charge < -0.3 is 10.1 Å². The number of hydrogen-bond donors (Lipinski definition) is 2. The maximum Gasteiger partial charge on any atom is 0.270 e. The minimum absolute atomic E-state index is 0.140. The van der Waals surface area contributed by atoms with E-state index in [9.17, 15) is 9.90 Å². The number of azo groups is 1. The zero-order valence-corrected chi connectivity index (χ0v) is 15.6. The average molecular weight is 392 g/mol. The molecule has 1 aromatic heterocycles. The summed E-state index contributed by atoms with van der Waals surface area (Å²) in [5.41, 5.74) is 0.405. The molecule has 4 fully saturated rings. The first-order valence-electron chi connectivity index (χ1n) is 9.09. The minimum atomic E-state index is -0.338. The van der Waals surface area contributed by atoms with Crippen molar-refractivity contribution < 1.29 is 9.90 Å². The Balaban J connectivity index is 1.48. The molecule has 136 valence electrons. The molecule has 0 saturated heterocycles. The van der Waals surface area contributed by atoms with Crippen molar-refractivity contribution in [1.29, 1.82) is 0 Å². The zero-order valence-electron chi connectivity index (χ0n) is 14.1. The smallest absolute Gasteiger partial charge is 0.270 e. The number of halogens is 2. The molecule has 7 heteroatoms. The van der Waals surface area contributed by atoms with Gasteiger partial charge in [-0.3, -0.25) is 4.79 Å². The number of hydrogen-bond acceptors (Lipinski definition) is 3. The van der Waals surface area contributed by atoms with Gasteiger partial charge in [0.2, 0.25) is 5.88 Å². The number of aromatic nitrogens is 1. The molecule has 6 rings (SSSR count). The number of benzene rings is 1. The lowest BCUT2D eigenvalue weighted by molar-refractivity contribution is -0.142. The zero-order chi connectivity index (χ0) is 18.1. The molecule has 1 aromatic carbocycles. The summed E-state index contributed by atoms with van der Waals surface area (Å²) in [5, 5.41) is 19.7. The van der Waals surface area contributed by atoms with Crippen LogP contribution in [0.15, 0.2) is 22.4 Å². The molecular formula is C19H19Cl2N3O2. The van der Waals surface area contributed by atoms with Crippen LogP contribution in [0, 0.1) is 23.2 Å². The highest BCUT2D eigenvalue weighted by atomic mass is 35.5. The van der Waals surface area contributed by atoms with E-state index >= 15 is 0 Å². The Morgan fingerprint density at radius 3 is 2.35 bits per heavy atom. The van der Waals surface area contributed by atoms with Crippen molar-refractivity contribution in [3.63, 3.8) is 0 Å². The van der Waals surface area contributed by atoms with Crippen LogP contribution < -0.4 is 0 Å². The molecule has 26 heavy (non-hydrogen) atoms. The Morgan fingerprint density at radius 2 is 1.73 bits per heavy atom. The van der Waals surface area contributed by atoms with Gasteiger partial charge in [-0.1, -0.05) is 23.2 Å². The fourth-order valence-corrected chi connectivity index (χ4v) is 6.41. The molecule has 0 atom stereocenters. The summed E-state index contributed by atoms with van der Waals surface area (Å²) in [6, 6.07) is 3.24. The molecule has 5 nitrogen and oxygen atoms in total. The van der Waals surface area contributed by atoms with Crippen LogP contribution in [0.1, 0.15) is 38.5 Å². The summed E-state index contributed by atoms with van der Waals surface area (Å²) < 4.78 is 0. The summed E-state index contributed by atoms with van der Waals surface area (Å²) in [7, 11) is 0. The second-order valence-electron chi connectivity index (χ2n) is 8.34. The Morgan fingerprint density at radius 1 is 1.12 bits per heavy atom. The third kappa shape index (κ3) is 2.48. The Bertz CT molecular complexity index is 915. The van der Waals surface area contributed by atoms with Crippen LogP contribution >= 0.6 is 23.2 Å². The predicted octanol–water partition coefficient (Wildman–Crippen LogP) is 6.01.